The average Bonchev–Trinajstić information content (AvgIpc) is 3.35. The maximum atomic E-state index is 12.9. The van der Waals surface area contributed by atoms with Crippen LogP contribution in [0.15, 0.2) is 66.3 Å². The van der Waals surface area contributed by atoms with Crippen LogP contribution in [0.2, 0.25) is 0 Å². The average molecular weight is 398 g/mol. The second-order valence-corrected chi connectivity index (χ2v) is 7.31. The molecule has 0 unspecified atom stereocenters. The summed E-state index contributed by atoms with van der Waals surface area (Å²) in [6.45, 7) is 3.90. The van der Waals surface area contributed by atoms with Gasteiger partial charge in [0.05, 0.1) is 5.56 Å². The SMILES string of the molecule is Cc1cc(C(=O)Nc2cccc(C#Cc3ccccn3)c2)c(C)n1-c1nccs1. The van der Waals surface area contributed by atoms with Gasteiger partial charge in [0.1, 0.15) is 5.69 Å². The van der Waals surface area contributed by atoms with Gasteiger partial charge in [-0.05, 0) is 56.2 Å². The molecule has 1 amide bonds. The van der Waals surface area contributed by atoms with E-state index in [1.165, 1.54) is 11.3 Å². The standard InChI is InChI=1S/C23H18N4OS/c1-16-14-21(17(2)27(16)23-25-12-13-29-23)22(28)26-20-8-5-6-18(15-20)9-10-19-7-3-4-11-24-19/h3-8,11-15H,1-2H3,(H,26,28). The second-order valence-electron chi connectivity index (χ2n) is 6.43. The molecule has 1 N–H and O–H groups in total. The number of aromatic nitrogens is 3. The largest absolute Gasteiger partial charge is 0.322 e. The van der Waals surface area contributed by atoms with Crippen molar-refractivity contribution >= 4 is 22.9 Å². The van der Waals surface area contributed by atoms with E-state index in [0.717, 1.165) is 22.1 Å². The van der Waals surface area contributed by atoms with Gasteiger partial charge in [0.15, 0.2) is 5.13 Å². The molecular formula is C23H18N4OS. The Bertz CT molecular complexity index is 1220. The van der Waals surface area contributed by atoms with E-state index < -0.39 is 0 Å². The number of benzene rings is 1. The summed E-state index contributed by atoms with van der Waals surface area (Å²) in [5.74, 6) is 5.95. The van der Waals surface area contributed by atoms with Crippen LogP contribution in [0.1, 0.15) is 33.0 Å². The Morgan fingerprint density at radius 3 is 2.69 bits per heavy atom. The zero-order chi connectivity index (χ0) is 20.2. The van der Waals surface area contributed by atoms with Crippen molar-refractivity contribution in [2.75, 3.05) is 5.32 Å². The summed E-state index contributed by atoms with van der Waals surface area (Å²) in [6.07, 6.45) is 3.47. The van der Waals surface area contributed by atoms with Crippen LogP contribution in [0.4, 0.5) is 5.69 Å². The molecule has 0 aliphatic rings. The minimum Gasteiger partial charge on any atom is -0.322 e. The molecule has 3 heterocycles. The maximum Gasteiger partial charge on any atom is 0.257 e. The summed E-state index contributed by atoms with van der Waals surface area (Å²) in [4.78, 5) is 21.4. The highest BCUT2D eigenvalue weighted by atomic mass is 32.1. The number of carbonyl (C=O) groups excluding carboxylic acids is 1. The van der Waals surface area contributed by atoms with Crippen molar-refractivity contribution in [3.8, 4) is 17.0 Å². The zero-order valence-electron chi connectivity index (χ0n) is 16.0. The van der Waals surface area contributed by atoms with Crippen molar-refractivity contribution in [2.45, 2.75) is 13.8 Å². The number of anilines is 1. The predicted molar refractivity (Wildman–Crippen MR) is 116 cm³/mol. The van der Waals surface area contributed by atoms with Gasteiger partial charge < -0.3 is 5.32 Å². The van der Waals surface area contributed by atoms with Crippen LogP contribution in [-0.4, -0.2) is 20.4 Å². The zero-order valence-corrected chi connectivity index (χ0v) is 16.8. The Balaban J connectivity index is 1.56. The van der Waals surface area contributed by atoms with E-state index in [1.54, 1.807) is 12.4 Å². The quantitative estimate of drug-likeness (QED) is 0.513. The molecule has 0 bridgehead atoms. The molecule has 0 aliphatic carbocycles. The lowest BCUT2D eigenvalue weighted by molar-refractivity contribution is 0.102. The van der Waals surface area contributed by atoms with Crippen LogP contribution >= 0.6 is 11.3 Å². The Morgan fingerprint density at radius 1 is 1.03 bits per heavy atom. The molecule has 0 aliphatic heterocycles. The van der Waals surface area contributed by atoms with Gasteiger partial charge in [0, 0.05) is 40.4 Å². The lowest BCUT2D eigenvalue weighted by Crippen LogP contribution is -2.13. The first-order valence-corrected chi connectivity index (χ1v) is 9.93. The fourth-order valence-corrected chi connectivity index (χ4v) is 3.81. The van der Waals surface area contributed by atoms with Gasteiger partial charge in [-0.1, -0.05) is 18.1 Å². The molecule has 5 nitrogen and oxygen atoms in total. The second kappa shape index (κ2) is 8.13. The Morgan fingerprint density at radius 2 is 1.93 bits per heavy atom. The molecule has 0 radical (unpaired) electrons. The molecule has 0 fully saturated rings. The smallest absolute Gasteiger partial charge is 0.257 e. The molecule has 4 aromatic rings. The van der Waals surface area contributed by atoms with Gasteiger partial charge in [-0.2, -0.15) is 0 Å². The van der Waals surface area contributed by atoms with Gasteiger partial charge >= 0.3 is 0 Å². The van der Waals surface area contributed by atoms with Crippen LogP contribution < -0.4 is 5.32 Å². The maximum absolute atomic E-state index is 12.9. The number of thiazole rings is 1. The van der Waals surface area contributed by atoms with Crippen molar-refractivity contribution in [1.29, 1.82) is 0 Å². The normalized spacial score (nSPS) is 10.3. The molecule has 0 spiro atoms. The Labute approximate surface area is 173 Å². The first-order chi connectivity index (χ1) is 14.1. The van der Waals surface area contributed by atoms with Crippen molar-refractivity contribution < 1.29 is 4.79 Å². The molecular weight excluding hydrogens is 380 g/mol. The first kappa shape index (κ1) is 18.7. The number of carbonyl (C=O) groups is 1. The molecule has 6 heteroatoms. The molecule has 4 rings (SSSR count). The first-order valence-electron chi connectivity index (χ1n) is 9.05. The van der Waals surface area contributed by atoms with Crippen LogP contribution in [0.3, 0.4) is 0 Å². The topological polar surface area (TPSA) is 59.8 Å². The highest BCUT2D eigenvalue weighted by Crippen LogP contribution is 2.23. The van der Waals surface area contributed by atoms with Crippen LogP contribution in [0.5, 0.6) is 0 Å². The van der Waals surface area contributed by atoms with Crippen molar-refractivity contribution in [3.05, 3.63) is 94.5 Å². The summed E-state index contributed by atoms with van der Waals surface area (Å²) in [5.41, 5.74) is 4.67. The molecule has 0 saturated carbocycles. The van der Waals surface area contributed by atoms with Crippen molar-refractivity contribution in [2.24, 2.45) is 0 Å². The highest BCUT2D eigenvalue weighted by Gasteiger charge is 2.17. The van der Waals surface area contributed by atoms with Crippen LogP contribution in [0, 0.1) is 25.7 Å². The lowest BCUT2D eigenvalue weighted by atomic mass is 10.1. The number of pyridine rings is 1. The summed E-state index contributed by atoms with van der Waals surface area (Å²) < 4.78 is 1.99. The number of amides is 1. The summed E-state index contributed by atoms with van der Waals surface area (Å²) in [7, 11) is 0. The van der Waals surface area contributed by atoms with E-state index in [2.05, 4.69) is 27.1 Å². The lowest BCUT2D eigenvalue weighted by Gasteiger charge is -2.07. The van der Waals surface area contributed by atoms with Crippen LogP contribution in [0.25, 0.3) is 5.13 Å². The van der Waals surface area contributed by atoms with Crippen molar-refractivity contribution in [1.82, 2.24) is 14.5 Å². The van der Waals surface area contributed by atoms with Gasteiger partial charge in [0.2, 0.25) is 0 Å². The molecule has 1 aromatic carbocycles. The fourth-order valence-electron chi connectivity index (χ4n) is 3.06. The summed E-state index contributed by atoms with van der Waals surface area (Å²) in [6, 6.07) is 15.0. The van der Waals surface area contributed by atoms with E-state index in [9.17, 15) is 4.79 Å². The minimum atomic E-state index is -0.157. The van der Waals surface area contributed by atoms with Gasteiger partial charge in [0.25, 0.3) is 5.91 Å². The van der Waals surface area contributed by atoms with Gasteiger partial charge in [-0.3, -0.25) is 9.36 Å². The van der Waals surface area contributed by atoms with E-state index >= 15 is 0 Å². The van der Waals surface area contributed by atoms with Crippen LogP contribution in [-0.2, 0) is 0 Å². The molecule has 0 atom stereocenters. The third-order valence-electron chi connectivity index (χ3n) is 4.41. The number of hydrogen-bond acceptors (Lipinski definition) is 4. The van der Waals surface area contributed by atoms with Crippen molar-refractivity contribution in [3.63, 3.8) is 0 Å². The number of rotatable bonds is 3. The van der Waals surface area contributed by atoms with Gasteiger partial charge in [-0.25, -0.2) is 9.97 Å². The predicted octanol–water partition coefficient (Wildman–Crippen LogP) is 4.60. The third kappa shape index (κ3) is 4.10. The molecule has 3 aromatic heterocycles. The third-order valence-corrected chi connectivity index (χ3v) is 5.16. The molecule has 29 heavy (non-hydrogen) atoms. The Kier molecular flexibility index (Phi) is 5.23. The number of aryl methyl sites for hydroxylation is 1. The highest BCUT2D eigenvalue weighted by molar-refractivity contribution is 7.12. The van der Waals surface area contributed by atoms with E-state index in [0.29, 0.717) is 16.9 Å². The number of nitrogens with zero attached hydrogens (tertiary/aromatic N) is 3. The van der Waals surface area contributed by atoms with E-state index in [-0.39, 0.29) is 5.91 Å². The molecule has 0 saturated heterocycles. The Hall–Kier alpha value is -3.69. The fraction of sp³-hybridized carbons (Fsp3) is 0.0870. The van der Waals surface area contributed by atoms with E-state index in [4.69, 9.17) is 0 Å². The monoisotopic (exact) mass is 398 g/mol. The number of hydrogen-bond donors (Lipinski definition) is 1. The van der Waals surface area contributed by atoms with Gasteiger partial charge in [-0.15, -0.1) is 11.3 Å². The minimum absolute atomic E-state index is 0.157. The van der Waals surface area contributed by atoms with E-state index in [1.807, 2.05) is 72.3 Å². The molecule has 142 valence electrons. The number of nitrogens with one attached hydrogen (secondary N) is 1. The summed E-state index contributed by atoms with van der Waals surface area (Å²) in [5, 5.41) is 5.75. The summed E-state index contributed by atoms with van der Waals surface area (Å²) >= 11 is 1.54.